The minimum Gasteiger partial charge on any atom is -0.451 e. The summed E-state index contributed by atoms with van der Waals surface area (Å²) < 4.78 is 24.7. The highest BCUT2D eigenvalue weighted by Gasteiger charge is 2.24. The Labute approximate surface area is 143 Å². The fourth-order valence-electron chi connectivity index (χ4n) is 2.66. The Bertz CT molecular complexity index is 959. The Morgan fingerprint density at radius 3 is 2.72 bits per heavy atom. The minimum atomic E-state index is -1.13. The number of halogens is 1. The van der Waals surface area contributed by atoms with Gasteiger partial charge in [0.1, 0.15) is 17.4 Å². The molecule has 0 spiro atoms. The zero-order valence-corrected chi connectivity index (χ0v) is 13.5. The number of carbonyl (C=O) groups excluding carboxylic acids is 1. The predicted molar refractivity (Wildman–Crippen MR) is 89.1 cm³/mol. The quantitative estimate of drug-likeness (QED) is 0.769. The summed E-state index contributed by atoms with van der Waals surface area (Å²) in [6.07, 6.45) is 0. The van der Waals surface area contributed by atoms with Gasteiger partial charge < -0.3 is 14.5 Å². The van der Waals surface area contributed by atoms with Crippen LogP contribution in [0.5, 0.6) is 0 Å². The Kier molecular flexibility index (Phi) is 4.78. The molecule has 0 aliphatic carbocycles. The molecule has 0 fully saturated rings. The number of carbonyl (C=O) groups is 1. The summed E-state index contributed by atoms with van der Waals surface area (Å²) in [7, 11) is 1.51. The number of nitrogens with one attached hydrogen (secondary N) is 1. The lowest BCUT2D eigenvalue weighted by molar-refractivity contribution is 0.0912. The molecule has 0 aliphatic heterocycles. The highest BCUT2D eigenvalue weighted by atomic mass is 19.1. The van der Waals surface area contributed by atoms with Crippen LogP contribution in [0, 0.1) is 17.1 Å². The van der Waals surface area contributed by atoms with E-state index < -0.39 is 17.8 Å². The average Bonchev–Trinajstić information content (AvgIpc) is 2.99. The van der Waals surface area contributed by atoms with Crippen LogP contribution in [-0.2, 0) is 11.3 Å². The lowest BCUT2D eigenvalue weighted by Gasteiger charge is -2.12. The van der Waals surface area contributed by atoms with E-state index in [1.54, 1.807) is 18.2 Å². The number of fused-ring (bicyclic) bond motifs is 1. The molecule has 0 aliphatic rings. The first kappa shape index (κ1) is 16.7. The monoisotopic (exact) mass is 338 g/mol. The van der Waals surface area contributed by atoms with Gasteiger partial charge in [0.05, 0.1) is 12.7 Å². The van der Waals surface area contributed by atoms with E-state index in [0.29, 0.717) is 11.1 Å². The standard InChI is InChI=1S/C19H15FN2O3/c1-24-11-14-12-6-3-5-9-17(12)25-18(14)19(23)22-16(10-21)13-7-2-4-8-15(13)20/h2-9,16H,11H2,1H3,(H,22,23)/t16-/m1/s1. The summed E-state index contributed by atoms with van der Waals surface area (Å²) in [5.41, 5.74) is 1.22. The van der Waals surface area contributed by atoms with Crippen molar-refractivity contribution in [3.05, 3.63) is 71.2 Å². The highest BCUT2D eigenvalue weighted by molar-refractivity contribution is 5.99. The normalized spacial score (nSPS) is 11.9. The maximum Gasteiger partial charge on any atom is 0.288 e. The zero-order valence-electron chi connectivity index (χ0n) is 13.5. The number of hydrogen-bond donors (Lipinski definition) is 1. The van der Waals surface area contributed by atoms with Crippen molar-refractivity contribution in [1.82, 2.24) is 5.32 Å². The summed E-state index contributed by atoms with van der Waals surface area (Å²) >= 11 is 0. The topological polar surface area (TPSA) is 75.3 Å². The first-order chi connectivity index (χ1) is 12.2. The zero-order chi connectivity index (χ0) is 17.8. The van der Waals surface area contributed by atoms with E-state index in [-0.39, 0.29) is 17.9 Å². The third-order valence-electron chi connectivity index (χ3n) is 3.81. The van der Waals surface area contributed by atoms with Crippen molar-refractivity contribution in [2.75, 3.05) is 7.11 Å². The lowest BCUT2D eigenvalue weighted by Crippen LogP contribution is -2.28. The van der Waals surface area contributed by atoms with Gasteiger partial charge in [-0.15, -0.1) is 0 Å². The van der Waals surface area contributed by atoms with E-state index in [1.807, 2.05) is 18.2 Å². The number of hydrogen-bond acceptors (Lipinski definition) is 4. The molecule has 1 atom stereocenters. The van der Waals surface area contributed by atoms with Gasteiger partial charge in [-0.25, -0.2) is 4.39 Å². The molecule has 5 nitrogen and oxygen atoms in total. The number of furan rings is 1. The van der Waals surface area contributed by atoms with Crippen molar-refractivity contribution < 1.29 is 18.3 Å². The summed E-state index contributed by atoms with van der Waals surface area (Å²) in [5, 5.41) is 12.6. The molecule has 126 valence electrons. The smallest absolute Gasteiger partial charge is 0.288 e. The van der Waals surface area contributed by atoms with Crippen molar-refractivity contribution >= 4 is 16.9 Å². The fourth-order valence-corrected chi connectivity index (χ4v) is 2.66. The first-order valence-corrected chi connectivity index (χ1v) is 7.60. The summed E-state index contributed by atoms with van der Waals surface area (Å²) in [5.74, 6) is -1.10. The molecule has 1 N–H and O–H groups in total. The number of nitrogens with zero attached hydrogens (tertiary/aromatic N) is 1. The van der Waals surface area contributed by atoms with Gasteiger partial charge in [0.15, 0.2) is 5.76 Å². The van der Waals surface area contributed by atoms with E-state index in [1.165, 1.54) is 25.3 Å². The van der Waals surface area contributed by atoms with Crippen LogP contribution in [0.15, 0.2) is 52.9 Å². The Morgan fingerprint density at radius 1 is 1.28 bits per heavy atom. The largest absolute Gasteiger partial charge is 0.451 e. The molecular formula is C19H15FN2O3. The minimum absolute atomic E-state index is 0.0552. The van der Waals surface area contributed by atoms with Gasteiger partial charge in [0.25, 0.3) is 5.91 Å². The van der Waals surface area contributed by atoms with Crippen LogP contribution in [0.1, 0.15) is 27.7 Å². The van der Waals surface area contributed by atoms with Gasteiger partial charge in [-0.05, 0) is 12.1 Å². The molecule has 3 rings (SSSR count). The molecule has 25 heavy (non-hydrogen) atoms. The first-order valence-electron chi connectivity index (χ1n) is 7.60. The molecule has 0 bridgehead atoms. The Balaban J connectivity index is 1.95. The van der Waals surface area contributed by atoms with Crippen LogP contribution in [0.4, 0.5) is 4.39 Å². The van der Waals surface area contributed by atoms with Gasteiger partial charge in [0.2, 0.25) is 0 Å². The molecule has 6 heteroatoms. The van der Waals surface area contributed by atoms with Crippen molar-refractivity contribution in [3.8, 4) is 6.07 Å². The van der Waals surface area contributed by atoms with Gasteiger partial charge >= 0.3 is 0 Å². The highest BCUT2D eigenvalue weighted by Crippen LogP contribution is 2.27. The summed E-state index contributed by atoms with van der Waals surface area (Å²) in [6, 6.07) is 13.8. The molecule has 0 saturated carbocycles. The van der Waals surface area contributed by atoms with Gasteiger partial charge in [-0.3, -0.25) is 4.79 Å². The maximum atomic E-state index is 13.9. The third kappa shape index (κ3) is 3.23. The molecule has 0 saturated heterocycles. The maximum absolute atomic E-state index is 13.9. The molecular weight excluding hydrogens is 323 g/mol. The Hall–Kier alpha value is -3.17. The van der Waals surface area contributed by atoms with Crippen LogP contribution in [-0.4, -0.2) is 13.0 Å². The van der Waals surface area contributed by atoms with Crippen LogP contribution in [0.3, 0.4) is 0 Å². The molecule has 1 amide bonds. The van der Waals surface area contributed by atoms with Crippen LogP contribution >= 0.6 is 0 Å². The van der Waals surface area contributed by atoms with Crippen molar-refractivity contribution in [2.24, 2.45) is 0 Å². The van der Waals surface area contributed by atoms with Crippen molar-refractivity contribution in [3.63, 3.8) is 0 Å². The predicted octanol–water partition coefficient (Wildman–Crippen LogP) is 3.71. The van der Waals surface area contributed by atoms with Crippen LogP contribution in [0.2, 0.25) is 0 Å². The Morgan fingerprint density at radius 2 is 2.00 bits per heavy atom. The van der Waals surface area contributed by atoms with E-state index >= 15 is 0 Å². The third-order valence-corrected chi connectivity index (χ3v) is 3.81. The van der Waals surface area contributed by atoms with Crippen LogP contribution in [0.25, 0.3) is 11.0 Å². The number of nitriles is 1. The number of rotatable bonds is 5. The van der Waals surface area contributed by atoms with Crippen molar-refractivity contribution in [2.45, 2.75) is 12.6 Å². The second-order valence-electron chi connectivity index (χ2n) is 5.40. The summed E-state index contributed by atoms with van der Waals surface area (Å²) in [4.78, 5) is 12.6. The molecule has 3 aromatic rings. The second-order valence-corrected chi connectivity index (χ2v) is 5.40. The number of amides is 1. The van der Waals surface area contributed by atoms with E-state index in [2.05, 4.69) is 5.32 Å². The summed E-state index contributed by atoms with van der Waals surface area (Å²) in [6.45, 7) is 0.177. The lowest BCUT2D eigenvalue weighted by atomic mass is 10.1. The van der Waals surface area contributed by atoms with Gasteiger partial charge in [0, 0.05) is 23.6 Å². The number of ether oxygens (including phenoxy) is 1. The van der Waals surface area contributed by atoms with E-state index in [0.717, 1.165) is 5.39 Å². The van der Waals surface area contributed by atoms with Crippen molar-refractivity contribution in [1.29, 1.82) is 5.26 Å². The SMILES string of the molecule is COCc1c(C(=O)N[C@H](C#N)c2ccccc2F)oc2ccccc12. The number of benzene rings is 2. The van der Waals surface area contributed by atoms with Gasteiger partial charge in [-0.2, -0.15) is 5.26 Å². The number of para-hydroxylation sites is 1. The fraction of sp³-hybridized carbons (Fsp3) is 0.158. The molecule has 1 heterocycles. The van der Waals surface area contributed by atoms with Crippen LogP contribution < -0.4 is 5.32 Å². The average molecular weight is 338 g/mol. The molecule has 0 unspecified atom stereocenters. The van der Waals surface area contributed by atoms with Gasteiger partial charge in [-0.1, -0.05) is 36.4 Å². The number of methoxy groups -OCH3 is 1. The molecule has 1 aromatic heterocycles. The molecule has 0 radical (unpaired) electrons. The second kappa shape index (κ2) is 7.16. The molecule has 2 aromatic carbocycles. The van der Waals surface area contributed by atoms with E-state index in [4.69, 9.17) is 9.15 Å². The van der Waals surface area contributed by atoms with E-state index in [9.17, 15) is 14.4 Å².